The Labute approximate surface area is 106 Å². The number of esters is 1. The minimum Gasteiger partial charge on any atom is -0.465 e. The molecule has 0 aromatic heterocycles. The van der Waals surface area contributed by atoms with Crippen LogP contribution >= 0.6 is 11.8 Å². The highest BCUT2D eigenvalue weighted by atomic mass is 32.2. The molecule has 0 aliphatic carbocycles. The molecule has 4 heteroatoms. The Hall–Kier alpha value is -1.29. The van der Waals surface area contributed by atoms with Crippen LogP contribution in [-0.4, -0.2) is 24.1 Å². The van der Waals surface area contributed by atoms with E-state index in [1.807, 2.05) is 19.1 Å². The number of benzene rings is 1. The first kappa shape index (κ1) is 13.8. The second-order valence-corrected chi connectivity index (χ2v) is 4.73. The minimum atomic E-state index is -0.183. The molecule has 1 atom stereocenters. The number of hydrogen-bond acceptors (Lipinski definition) is 4. The number of carbonyl (C=O) groups excluding carboxylic acids is 2. The molecule has 0 fully saturated rings. The Balaban J connectivity index is 2.66. The average molecular weight is 252 g/mol. The van der Waals surface area contributed by atoms with Gasteiger partial charge in [-0.05, 0) is 25.5 Å². The van der Waals surface area contributed by atoms with Gasteiger partial charge in [-0.3, -0.25) is 9.59 Å². The van der Waals surface area contributed by atoms with Crippen molar-refractivity contribution in [2.45, 2.75) is 30.4 Å². The SMILES string of the molecule is CCOC(=O)C(CC)Sc1ccc(C=O)cc1. The zero-order chi connectivity index (χ0) is 12.7. The molecule has 17 heavy (non-hydrogen) atoms. The number of aldehydes is 1. The van der Waals surface area contributed by atoms with Gasteiger partial charge in [0.25, 0.3) is 0 Å². The van der Waals surface area contributed by atoms with E-state index in [2.05, 4.69) is 0 Å². The average Bonchev–Trinajstić information content (AvgIpc) is 2.37. The van der Waals surface area contributed by atoms with E-state index in [1.54, 1.807) is 19.1 Å². The fourth-order valence-corrected chi connectivity index (χ4v) is 2.28. The lowest BCUT2D eigenvalue weighted by atomic mass is 10.2. The monoisotopic (exact) mass is 252 g/mol. The first-order valence-corrected chi connectivity index (χ1v) is 6.47. The van der Waals surface area contributed by atoms with Crippen molar-refractivity contribution in [3.05, 3.63) is 29.8 Å². The number of thioether (sulfide) groups is 1. The van der Waals surface area contributed by atoms with Crippen molar-refractivity contribution in [2.24, 2.45) is 0 Å². The van der Waals surface area contributed by atoms with Crippen LogP contribution in [0.4, 0.5) is 0 Å². The summed E-state index contributed by atoms with van der Waals surface area (Å²) >= 11 is 1.47. The predicted molar refractivity (Wildman–Crippen MR) is 68.4 cm³/mol. The lowest BCUT2D eigenvalue weighted by Crippen LogP contribution is -2.19. The van der Waals surface area contributed by atoms with Crippen LogP contribution in [0.5, 0.6) is 0 Å². The van der Waals surface area contributed by atoms with Gasteiger partial charge in [-0.25, -0.2) is 0 Å². The van der Waals surface area contributed by atoms with Crippen molar-refractivity contribution in [1.82, 2.24) is 0 Å². The Morgan fingerprint density at radius 1 is 1.35 bits per heavy atom. The second-order valence-electron chi connectivity index (χ2n) is 3.45. The Kier molecular flexibility index (Phi) is 5.77. The van der Waals surface area contributed by atoms with Crippen molar-refractivity contribution in [3.63, 3.8) is 0 Å². The van der Waals surface area contributed by atoms with E-state index in [0.29, 0.717) is 12.2 Å². The van der Waals surface area contributed by atoms with E-state index in [0.717, 1.165) is 17.6 Å². The van der Waals surface area contributed by atoms with E-state index >= 15 is 0 Å². The third kappa shape index (κ3) is 4.23. The van der Waals surface area contributed by atoms with E-state index in [9.17, 15) is 9.59 Å². The van der Waals surface area contributed by atoms with Crippen molar-refractivity contribution in [1.29, 1.82) is 0 Å². The molecule has 0 aliphatic rings. The molecule has 1 aromatic rings. The van der Waals surface area contributed by atoms with Crippen LogP contribution in [0.15, 0.2) is 29.2 Å². The lowest BCUT2D eigenvalue weighted by molar-refractivity contribution is -0.142. The van der Waals surface area contributed by atoms with Crippen LogP contribution in [-0.2, 0) is 9.53 Å². The Morgan fingerprint density at radius 2 is 2.00 bits per heavy atom. The maximum Gasteiger partial charge on any atom is 0.319 e. The summed E-state index contributed by atoms with van der Waals surface area (Å²) in [6.45, 7) is 4.16. The zero-order valence-electron chi connectivity index (χ0n) is 10.0. The fraction of sp³-hybridized carbons (Fsp3) is 0.385. The highest BCUT2D eigenvalue weighted by molar-refractivity contribution is 8.00. The van der Waals surface area contributed by atoms with Gasteiger partial charge in [-0.1, -0.05) is 19.1 Å². The molecule has 3 nitrogen and oxygen atoms in total. The maximum absolute atomic E-state index is 11.6. The van der Waals surface area contributed by atoms with Crippen LogP contribution in [0, 0.1) is 0 Å². The first-order chi connectivity index (χ1) is 8.21. The summed E-state index contributed by atoms with van der Waals surface area (Å²) in [4.78, 5) is 23.1. The van der Waals surface area contributed by atoms with E-state index in [1.165, 1.54) is 11.8 Å². The van der Waals surface area contributed by atoms with Crippen LogP contribution < -0.4 is 0 Å². The largest absolute Gasteiger partial charge is 0.465 e. The first-order valence-electron chi connectivity index (χ1n) is 5.59. The van der Waals surface area contributed by atoms with Crippen LogP contribution in [0.3, 0.4) is 0 Å². The van der Waals surface area contributed by atoms with Crippen LogP contribution in [0.2, 0.25) is 0 Å². The highest BCUT2D eigenvalue weighted by Gasteiger charge is 2.18. The fourth-order valence-electron chi connectivity index (χ4n) is 1.32. The number of hydrogen-bond donors (Lipinski definition) is 0. The molecule has 0 heterocycles. The van der Waals surface area contributed by atoms with E-state index in [4.69, 9.17) is 4.74 Å². The van der Waals surface area contributed by atoms with Gasteiger partial charge in [0.15, 0.2) is 0 Å². The standard InChI is InChI=1S/C13H16O3S/c1-3-12(13(15)16-4-2)17-11-7-5-10(9-14)6-8-11/h5-9,12H,3-4H2,1-2H3. The second kappa shape index (κ2) is 7.12. The summed E-state index contributed by atoms with van der Waals surface area (Å²) in [5.74, 6) is -0.181. The van der Waals surface area contributed by atoms with Gasteiger partial charge in [0, 0.05) is 10.5 Å². The Bertz CT molecular complexity index is 373. The van der Waals surface area contributed by atoms with Crippen molar-refractivity contribution >= 4 is 24.0 Å². The van der Waals surface area contributed by atoms with E-state index in [-0.39, 0.29) is 11.2 Å². The minimum absolute atomic E-state index is 0.181. The summed E-state index contributed by atoms with van der Waals surface area (Å²) in [6.07, 6.45) is 1.52. The van der Waals surface area contributed by atoms with Gasteiger partial charge in [0.05, 0.1) is 6.61 Å². The molecular weight excluding hydrogens is 236 g/mol. The summed E-state index contributed by atoms with van der Waals surface area (Å²) < 4.78 is 5.00. The molecule has 0 saturated heterocycles. The van der Waals surface area contributed by atoms with Crippen molar-refractivity contribution < 1.29 is 14.3 Å². The zero-order valence-corrected chi connectivity index (χ0v) is 10.8. The lowest BCUT2D eigenvalue weighted by Gasteiger charge is -2.12. The molecular formula is C13H16O3S. The summed E-state index contributed by atoms with van der Waals surface area (Å²) in [5, 5.41) is -0.183. The highest BCUT2D eigenvalue weighted by Crippen LogP contribution is 2.26. The summed E-state index contributed by atoms with van der Waals surface area (Å²) in [5.41, 5.74) is 0.638. The molecule has 0 aliphatic heterocycles. The third-order valence-electron chi connectivity index (χ3n) is 2.21. The molecule has 0 spiro atoms. The molecule has 1 unspecified atom stereocenters. The van der Waals surface area contributed by atoms with Crippen LogP contribution in [0.25, 0.3) is 0 Å². The van der Waals surface area contributed by atoms with Gasteiger partial charge < -0.3 is 4.74 Å². The molecule has 92 valence electrons. The third-order valence-corrected chi connectivity index (χ3v) is 3.57. The normalized spacial score (nSPS) is 11.9. The van der Waals surface area contributed by atoms with E-state index < -0.39 is 0 Å². The number of carbonyl (C=O) groups is 2. The van der Waals surface area contributed by atoms with Gasteiger partial charge in [0.1, 0.15) is 11.5 Å². The molecule has 1 rings (SSSR count). The van der Waals surface area contributed by atoms with Gasteiger partial charge in [-0.15, -0.1) is 11.8 Å². The van der Waals surface area contributed by atoms with Crippen molar-refractivity contribution in [2.75, 3.05) is 6.61 Å². The predicted octanol–water partition coefficient (Wildman–Crippen LogP) is 2.93. The molecule has 1 aromatic carbocycles. The smallest absolute Gasteiger partial charge is 0.319 e. The van der Waals surface area contributed by atoms with Gasteiger partial charge in [-0.2, -0.15) is 0 Å². The van der Waals surface area contributed by atoms with Gasteiger partial charge >= 0.3 is 5.97 Å². The molecule has 0 saturated carbocycles. The van der Waals surface area contributed by atoms with Crippen LogP contribution in [0.1, 0.15) is 30.6 Å². The molecule has 0 amide bonds. The molecule has 0 radical (unpaired) electrons. The topological polar surface area (TPSA) is 43.4 Å². The number of ether oxygens (including phenoxy) is 1. The summed E-state index contributed by atoms with van der Waals surface area (Å²) in [6, 6.07) is 7.17. The van der Waals surface area contributed by atoms with Crippen molar-refractivity contribution in [3.8, 4) is 0 Å². The number of rotatable bonds is 6. The molecule has 0 bridgehead atoms. The van der Waals surface area contributed by atoms with Gasteiger partial charge in [0.2, 0.25) is 0 Å². The summed E-state index contributed by atoms with van der Waals surface area (Å²) in [7, 11) is 0. The quantitative estimate of drug-likeness (QED) is 0.443. The molecule has 0 N–H and O–H groups in total. The maximum atomic E-state index is 11.6. The Morgan fingerprint density at radius 3 is 2.47 bits per heavy atom.